The standard InChI is InChI=1S/C16H16N2O3S/c1-21-12-6-4-11(5-7-12)18-15(19)9-14(16(18)20)17-10-13-3-2-8-22-13/h2-8,14,17H,9-10H2,1H3/t14-/m0/s1. The van der Waals surface area contributed by atoms with Crippen molar-refractivity contribution in [1.29, 1.82) is 0 Å². The highest BCUT2D eigenvalue weighted by molar-refractivity contribution is 7.09. The molecular formula is C16H16N2O3S. The summed E-state index contributed by atoms with van der Waals surface area (Å²) in [7, 11) is 1.58. The Kier molecular flexibility index (Phi) is 4.22. The van der Waals surface area contributed by atoms with E-state index in [1.54, 1.807) is 42.7 Å². The van der Waals surface area contributed by atoms with Gasteiger partial charge in [-0.25, -0.2) is 4.90 Å². The minimum Gasteiger partial charge on any atom is -0.497 e. The number of hydrogen-bond acceptors (Lipinski definition) is 5. The molecule has 1 fully saturated rings. The Hall–Kier alpha value is -2.18. The number of nitrogens with zero attached hydrogens (tertiary/aromatic N) is 1. The van der Waals surface area contributed by atoms with Crippen LogP contribution in [0.4, 0.5) is 5.69 Å². The van der Waals surface area contributed by atoms with Crippen LogP contribution < -0.4 is 15.0 Å². The predicted octanol–water partition coefficient (Wildman–Crippen LogP) is 2.18. The normalized spacial score (nSPS) is 18.0. The van der Waals surface area contributed by atoms with Crippen molar-refractivity contribution >= 4 is 28.8 Å². The first kappa shape index (κ1) is 14.7. The molecule has 2 aromatic rings. The lowest BCUT2D eigenvalue weighted by Crippen LogP contribution is -2.38. The van der Waals surface area contributed by atoms with Crippen molar-refractivity contribution in [3.63, 3.8) is 0 Å². The zero-order valence-corrected chi connectivity index (χ0v) is 12.9. The van der Waals surface area contributed by atoms with Gasteiger partial charge in [-0.05, 0) is 35.7 Å². The van der Waals surface area contributed by atoms with E-state index in [1.165, 1.54) is 4.90 Å². The minimum absolute atomic E-state index is 0.182. The number of anilines is 1. The van der Waals surface area contributed by atoms with Gasteiger partial charge < -0.3 is 10.1 Å². The maximum absolute atomic E-state index is 12.4. The number of methoxy groups -OCH3 is 1. The van der Waals surface area contributed by atoms with Crippen LogP contribution in [-0.4, -0.2) is 25.0 Å². The number of rotatable bonds is 5. The Morgan fingerprint density at radius 1 is 1.27 bits per heavy atom. The molecule has 114 valence electrons. The summed E-state index contributed by atoms with van der Waals surface area (Å²) in [5.41, 5.74) is 0.580. The summed E-state index contributed by atoms with van der Waals surface area (Å²) < 4.78 is 5.09. The van der Waals surface area contributed by atoms with Gasteiger partial charge in [0.1, 0.15) is 5.75 Å². The molecule has 0 radical (unpaired) electrons. The Morgan fingerprint density at radius 3 is 2.68 bits per heavy atom. The molecule has 5 nitrogen and oxygen atoms in total. The first-order valence-corrected chi connectivity index (χ1v) is 7.83. The quantitative estimate of drug-likeness (QED) is 0.859. The second-order valence-electron chi connectivity index (χ2n) is 4.98. The third-order valence-electron chi connectivity index (χ3n) is 3.58. The van der Waals surface area contributed by atoms with E-state index < -0.39 is 6.04 Å². The van der Waals surface area contributed by atoms with Crippen molar-refractivity contribution in [1.82, 2.24) is 5.32 Å². The van der Waals surface area contributed by atoms with Crippen LogP contribution in [0.15, 0.2) is 41.8 Å². The molecule has 1 aromatic heterocycles. The highest BCUT2D eigenvalue weighted by Gasteiger charge is 2.39. The summed E-state index contributed by atoms with van der Waals surface area (Å²) in [5.74, 6) is 0.306. The van der Waals surface area contributed by atoms with Crippen molar-refractivity contribution in [3.8, 4) is 5.75 Å². The number of carbonyl (C=O) groups is 2. The molecule has 0 aliphatic carbocycles. The Labute approximate surface area is 132 Å². The van der Waals surface area contributed by atoms with Crippen LogP contribution in [0.2, 0.25) is 0 Å². The number of ether oxygens (including phenoxy) is 1. The molecule has 22 heavy (non-hydrogen) atoms. The van der Waals surface area contributed by atoms with Crippen molar-refractivity contribution in [2.45, 2.75) is 19.0 Å². The summed E-state index contributed by atoms with van der Waals surface area (Å²) in [4.78, 5) is 27.0. The lowest BCUT2D eigenvalue weighted by molar-refractivity contribution is -0.121. The minimum atomic E-state index is -0.461. The second-order valence-corrected chi connectivity index (χ2v) is 6.01. The first-order chi connectivity index (χ1) is 10.7. The fourth-order valence-corrected chi connectivity index (χ4v) is 3.09. The number of benzene rings is 1. The van der Waals surface area contributed by atoms with Gasteiger partial charge in [-0.3, -0.25) is 9.59 Å². The summed E-state index contributed by atoms with van der Waals surface area (Å²) in [5, 5.41) is 5.15. The maximum atomic E-state index is 12.4. The van der Waals surface area contributed by atoms with Crippen LogP contribution in [0.3, 0.4) is 0 Å². The van der Waals surface area contributed by atoms with E-state index >= 15 is 0 Å². The van der Waals surface area contributed by atoms with Gasteiger partial charge in [-0.1, -0.05) is 6.07 Å². The molecule has 2 amide bonds. The number of imide groups is 1. The topological polar surface area (TPSA) is 58.6 Å². The lowest BCUT2D eigenvalue weighted by atomic mass is 10.2. The third-order valence-corrected chi connectivity index (χ3v) is 4.46. The fourth-order valence-electron chi connectivity index (χ4n) is 2.43. The summed E-state index contributed by atoms with van der Waals surface area (Å²) in [6, 6.07) is 10.4. The summed E-state index contributed by atoms with van der Waals surface area (Å²) in [6.07, 6.45) is 0.191. The van der Waals surface area contributed by atoms with Crippen molar-refractivity contribution < 1.29 is 14.3 Å². The van der Waals surface area contributed by atoms with Gasteiger partial charge in [0.15, 0.2) is 0 Å². The van der Waals surface area contributed by atoms with Crippen LogP contribution in [0.1, 0.15) is 11.3 Å². The second kappa shape index (κ2) is 6.29. The molecule has 0 unspecified atom stereocenters. The van der Waals surface area contributed by atoms with E-state index in [2.05, 4.69) is 5.32 Å². The average Bonchev–Trinajstić information content (AvgIpc) is 3.14. The zero-order valence-electron chi connectivity index (χ0n) is 12.1. The fraction of sp³-hybridized carbons (Fsp3) is 0.250. The molecule has 1 atom stereocenters. The Balaban J connectivity index is 1.70. The lowest BCUT2D eigenvalue weighted by Gasteiger charge is -2.15. The van der Waals surface area contributed by atoms with Crippen LogP contribution >= 0.6 is 11.3 Å². The molecule has 2 heterocycles. The SMILES string of the molecule is COc1ccc(N2C(=O)C[C@H](NCc3cccs3)C2=O)cc1. The molecule has 0 spiro atoms. The Morgan fingerprint density at radius 2 is 2.05 bits per heavy atom. The van der Waals surface area contributed by atoms with Crippen LogP contribution in [-0.2, 0) is 16.1 Å². The maximum Gasteiger partial charge on any atom is 0.251 e. The molecule has 6 heteroatoms. The van der Waals surface area contributed by atoms with E-state index in [9.17, 15) is 9.59 Å². The van der Waals surface area contributed by atoms with Gasteiger partial charge in [0.25, 0.3) is 5.91 Å². The number of thiophene rings is 1. The van der Waals surface area contributed by atoms with Crippen LogP contribution in [0.5, 0.6) is 5.75 Å². The van der Waals surface area contributed by atoms with Gasteiger partial charge >= 0.3 is 0 Å². The number of carbonyl (C=O) groups excluding carboxylic acids is 2. The van der Waals surface area contributed by atoms with Gasteiger partial charge in [-0.15, -0.1) is 11.3 Å². The molecule has 0 bridgehead atoms. The largest absolute Gasteiger partial charge is 0.497 e. The van der Waals surface area contributed by atoms with Crippen LogP contribution in [0.25, 0.3) is 0 Å². The molecule has 1 saturated heterocycles. The van der Waals surface area contributed by atoms with Crippen molar-refractivity contribution in [3.05, 3.63) is 46.7 Å². The first-order valence-electron chi connectivity index (χ1n) is 6.95. The van der Waals surface area contributed by atoms with Gasteiger partial charge in [-0.2, -0.15) is 0 Å². The zero-order chi connectivity index (χ0) is 15.5. The van der Waals surface area contributed by atoms with E-state index in [0.29, 0.717) is 18.0 Å². The number of amides is 2. The monoisotopic (exact) mass is 316 g/mol. The summed E-state index contributed by atoms with van der Waals surface area (Å²) >= 11 is 1.62. The molecule has 1 aromatic carbocycles. The summed E-state index contributed by atoms with van der Waals surface area (Å²) in [6.45, 7) is 0.595. The van der Waals surface area contributed by atoms with E-state index in [4.69, 9.17) is 4.74 Å². The molecule has 0 saturated carbocycles. The molecule has 1 aliphatic rings. The highest BCUT2D eigenvalue weighted by atomic mass is 32.1. The van der Waals surface area contributed by atoms with Crippen molar-refractivity contribution in [2.75, 3.05) is 12.0 Å². The smallest absolute Gasteiger partial charge is 0.251 e. The van der Waals surface area contributed by atoms with Crippen molar-refractivity contribution in [2.24, 2.45) is 0 Å². The molecular weight excluding hydrogens is 300 g/mol. The number of hydrogen-bond donors (Lipinski definition) is 1. The van der Waals surface area contributed by atoms with E-state index in [-0.39, 0.29) is 18.2 Å². The molecule has 1 aliphatic heterocycles. The molecule has 1 N–H and O–H groups in total. The molecule has 3 rings (SSSR count). The number of nitrogens with one attached hydrogen (secondary N) is 1. The van der Waals surface area contributed by atoms with Gasteiger partial charge in [0, 0.05) is 11.4 Å². The highest BCUT2D eigenvalue weighted by Crippen LogP contribution is 2.25. The van der Waals surface area contributed by atoms with Gasteiger partial charge in [0.05, 0.1) is 25.3 Å². The predicted molar refractivity (Wildman–Crippen MR) is 85.1 cm³/mol. The third kappa shape index (κ3) is 2.88. The van der Waals surface area contributed by atoms with Gasteiger partial charge in [0.2, 0.25) is 5.91 Å². The average molecular weight is 316 g/mol. The Bertz CT molecular complexity index is 667. The van der Waals surface area contributed by atoms with Crippen LogP contribution in [0, 0.1) is 0 Å². The van der Waals surface area contributed by atoms with E-state index in [0.717, 1.165) is 4.88 Å². The van der Waals surface area contributed by atoms with E-state index in [1.807, 2.05) is 17.5 Å².